The van der Waals surface area contributed by atoms with Crippen molar-refractivity contribution in [3.8, 4) is 0 Å². The lowest BCUT2D eigenvalue weighted by atomic mass is 9.45. The van der Waals surface area contributed by atoms with Gasteiger partial charge in [-0.2, -0.15) is 0 Å². The van der Waals surface area contributed by atoms with E-state index in [1.165, 1.54) is 69.9 Å². The summed E-state index contributed by atoms with van der Waals surface area (Å²) in [5, 5.41) is 4.68. The zero-order chi connectivity index (χ0) is 19.4. The van der Waals surface area contributed by atoms with Crippen LogP contribution in [0, 0.1) is 34.5 Å². The predicted molar refractivity (Wildman–Crippen MR) is 112 cm³/mol. The molecule has 5 aliphatic carbocycles. The molecule has 5 aliphatic rings. The molecule has 0 saturated heterocycles. The lowest BCUT2D eigenvalue weighted by Gasteiger charge is -2.59. The molecule has 3 heteroatoms. The maximum atomic E-state index is 12.6. The lowest BCUT2D eigenvalue weighted by molar-refractivity contribution is -0.137. The molecule has 3 nitrogen and oxygen atoms in total. The summed E-state index contributed by atoms with van der Waals surface area (Å²) in [5.41, 5.74) is 1.81. The van der Waals surface area contributed by atoms with Crippen LogP contribution in [0.15, 0.2) is 5.16 Å². The van der Waals surface area contributed by atoms with Gasteiger partial charge in [-0.3, -0.25) is 4.79 Å². The predicted octanol–water partition coefficient (Wildman–Crippen LogP) is 6.30. The number of hydrogen-bond donors (Lipinski definition) is 0. The normalized spacial score (nSPS) is 48.1. The molecular weight excluding hydrogens is 346 g/mol. The fourth-order valence-corrected chi connectivity index (χ4v) is 8.23. The Morgan fingerprint density at radius 2 is 1.71 bits per heavy atom. The molecule has 0 aromatic rings. The zero-order valence-electron chi connectivity index (χ0n) is 18.0. The van der Waals surface area contributed by atoms with E-state index in [4.69, 9.17) is 4.84 Å². The molecule has 0 spiro atoms. The van der Waals surface area contributed by atoms with Gasteiger partial charge in [0, 0.05) is 11.8 Å². The number of oxime groups is 1. The molecule has 0 bridgehead atoms. The van der Waals surface area contributed by atoms with Gasteiger partial charge in [0.2, 0.25) is 0 Å². The number of rotatable bonds is 2. The first-order chi connectivity index (χ1) is 13.5. The molecule has 5 saturated carbocycles. The first kappa shape index (κ1) is 19.1. The van der Waals surface area contributed by atoms with E-state index < -0.39 is 0 Å². The molecule has 0 amide bonds. The number of fused-ring (bicyclic) bond motifs is 5. The molecule has 0 aromatic carbocycles. The van der Waals surface area contributed by atoms with Crippen LogP contribution in [-0.4, -0.2) is 17.6 Å². The molecule has 6 atom stereocenters. The summed E-state index contributed by atoms with van der Waals surface area (Å²) in [6.07, 6.45) is 17.4. The molecule has 0 radical (unpaired) electrons. The fraction of sp³-hybridized carbons (Fsp3) is 0.920. The molecule has 0 N–H and O–H groups in total. The Balaban J connectivity index is 1.28. The fourth-order valence-electron chi connectivity index (χ4n) is 8.23. The van der Waals surface area contributed by atoms with E-state index in [0.717, 1.165) is 43.4 Å². The second-order valence-corrected chi connectivity index (χ2v) is 11.3. The van der Waals surface area contributed by atoms with Crippen molar-refractivity contribution in [1.29, 1.82) is 0 Å². The average molecular weight is 386 g/mol. The van der Waals surface area contributed by atoms with Crippen LogP contribution >= 0.6 is 0 Å². The standard InChI is InChI=1S/C25H39NO2/c1-24-14-12-18(26-28-19-6-4-3-5-7-19)16-17(24)8-9-20-21-10-11-23(27)25(21,2)15-13-22(20)24/h17,19-22H,3-16H2,1-2H3/t17?,20?,21?,22?,24-,25-/m0/s1. The summed E-state index contributed by atoms with van der Waals surface area (Å²) < 4.78 is 0. The molecule has 28 heavy (non-hydrogen) atoms. The number of carbonyl (C=O) groups excluding carboxylic acids is 1. The molecule has 0 heterocycles. The molecule has 156 valence electrons. The van der Waals surface area contributed by atoms with Gasteiger partial charge in [0.05, 0.1) is 5.71 Å². The van der Waals surface area contributed by atoms with Crippen LogP contribution in [0.25, 0.3) is 0 Å². The van der Waals surface area contributed by atoms with Gasteiger partial charge in [-0.15, -0.1) is 0 Å². The highest BCUT2D eigenvalue weighted by atomic mass is 16.6. The van der Waals surface area contributed by atoms with Crippen LogP contribution in [0.1, 0.15) is 104 Å². The largest absolute Gasteiger partial charge is 0.393 e. The lowest BCUT2D eigenvalue weighted by Crippen LogP contribution is -2.53. The smallest absolute Gasteiger partial charge is 0.139 e. The van der Waals surface area contributed by atoms with Crippen molar-refractivity contribution in [2.75, 3.05) is 0 Å². The Hall–Kier alpha value is -0.860. The summed E-state index contributed by atoms with van der Waals surface area (Å²) in [7, 11) is 0. The first-order valence-electron chi connectivity index (χ1n) is 12.3. The average Bonchev–Trinajstić information content (AvgIpc) is 3.02. The van der Waals surface area contributed by atoms with Gasteiger partial charge in [0.25, 0.3) is 0 Å². The third-order valence-corrected chi connectivity index (χ3v) is 10.1. The number of carbonyl (C=O) groups is 1. The van der Waals surface area contributed by atoms with E-state index in [1.54, 1.807) is 0 Å². The Morgan fingerprint density at radius 3 is 2.54 bits per heavy atom. The third-order valence-electron chi connectivity index (χ3n) is 10.1. The van der Waals surface area contributed by atoms with Gasteiger partial charge >= 0.3 is 0 Å². The van der Waals surface area contributed by atoms with Gasteiger partial charge in [-0.05, 0) is 106 Å². The van der Waals surface area contributed by atoms with Crippen molar-refractivity contribution >= 4 is 11.5 Å². The van der Waals surface area contributed by atoms with Crippen molar-refractivity contribution < 1.29 is 9.63 Å². The number of ketones is 1. The maximum Gasteiger partial charge on any atom is 0.139 e. The molecule has 5 rings (SSSR count). The third kappa shape index (κ3) is 2.98. The highest BCUT2D eigenvalue weighted by molar-refractivity contribution is 5.87. The van der Waals surface area contributed by atoms with Crippen LogP contribution in [-0.2, 0) is 9.63 Å². The molecular formula is C25H39NO2. The van der Waals surface area contributed by atoms with Gasteiger partial charge in [0.1, 0.15) is 11.9 Å². The molecule has 4 unspecified atom stereocenters. The van der Waals surface area contributed by atoms with Crippen LogP contribution in [0.4, 0.5) is 0 Å². The zero-order valence-corrected chi connectivity index (χ0v) is 18.0. The molecule has 0 aromatic heterocycles. The highest BCUT2D eigenvalue weighted by Crippen LogP contribution is 2.65. The second-order valence-electron chi connectivity index (χ2n) is 11.3. The summed E-state index contributed by atoms with van der Waals surface area (Å²) in [6, 6.07) is 0. The second kappa shape index (κ2) is 7.13. The van der Waals surface area contributed by atoms with Gasteiger partial charge in [-0.25, -0.2) is 0 Å². The van der Waals surface area contributed by atoms with E-state index in [2.05, 4.69) is 19.0 Å². The van der Waals surface area contributed by atoms with Crippen LogP contribution in [0.5, 0.6) is 0 Å². The minimum Gasteiger partial charge on any atom is -0.393 e. The van der Waals surface area contributed by atoms with Crippen LogP contribution in [0.2, 0.25) is 0 Å². The Morgan fingerprint density at radius 1 is 0.893 bits per heavy atom. The minimum atomic E-state index is 0.0134. The van der Waals surface area contributed by atoms with Gasteiger partial charge in [-0.1, -0.05) is 25.4 Å². The quantitative estimate of drug-likeness (QED) is 0.523. The van der Waals surface area contributed by atoms with Crippen LogP contribution in [0.3, 0.4) is 0 Å². The van der Waals surface area contributed by atoms with E-state index in [-0.39, 0.29) is 5.41 Å². The van der Waals surface area contributed by atoms with E-state index in [9.17, 15) is 4.79 Å². The first-order valence-corrected chi connectivity index (χ1v) is 12.3. The van der Waals surface area contributed by atoms with Gasteiger partial charge < -0.3 is 4.84 Å². The molecule has 5 fully saturated rings. The van der Waals surface area contributed by atoms with E-state index >= 15 is 0 Å². The monoisotopic (exact) mass is 385 g/mol. The Labute approximate surface area is 171 Å². The van der Waals surface area contributed by atoms with Gasteiger partial charge in [0.15, 0.2) is 0 Å². The van der Waals surface area contributed by atoms with E-state index in [1.807, 2.05) is 0 Å². The van der Waals surface area contributed by atoms with Crippen molar-refractivity contribution in [1.82, 2.24) is 0 Å². The summed E-state index contributed by atoms with van der Waals surface area (Å²) >= 11 is 0. The summed E-state index contributed by atoms with van der Waals surface area (Å²) in [4.78, 5) is 18.6. The van der Waals surface area contributed by atoms with Crippen molar-refractivity contribution in [2.45, 2.75) is 110 Å². The van der Waals surface area contributed by atoms with Crippen molar-refractivity contribution in [3.05, 3.63) is 0 Å². The maximum absolute atomic E-state index is 12.6. The van der Waals surface area contributed by atoms with Crippen molar-refractivity contribution in [3.63, 3.8) is 0 Å². The number of hydrogen-bond acceptors (Lipinski definition) is 3. The highest BCUT2D eigenvalue weighted by Gasteiger charge is 2.60. The summed E-state index contributed by atoms with van der Waals surface area (Å²) in [5.74, 6) is 3.64. The molecule has 0 aliphatic heterocycles. The Bertz CT molecular complexity index is 651. The van der Waals surface area contributed by atoms with E-state index in [0.29, 0.717) is 23.2 Å². The minimum absolute atomic E-state index is 0.0134. The van der Waals surface area contributed by atoms with Crippen molar-refractivity contribution in [2.24, 2.45) is 39.7 Å². The number of nitrogens with zero attached hydrogens (tertiary/aromatic N) is 1. The summed E-state index contributed by atoms with van der Waals surface area (Å²) in [6.45, 7) is 4.89. The van der Waals surface area contributed by atoms with Crippen LogP contribution < -0.4 is 0 Å². The number of Topliss-reactive ketones (excluding diaryl/α,β-unsaturated/α-hetero) is 1. The topological polar surface area (TPSA) is 38.7 Å². The Kier molecular flexibility index (Phi) is 4.87. The SMILES string of the molecule is C[C@]12CCC(=NOC3CCCCC3)CC1CCC1C2CC[C@]2(C)C(=O)CCC12.